The van der Waals surface area contributed by atoms with Crippen molar-refractivity contribution in [2.45, 2.75) is 57.0 Å². The lowest BCUT2D eigenvalue weighted by molar-refractivity contribution is 0.0171. The van der Waals surface area contributed by atoms with Gasteiger partial charge in [0.15, 0.2) is 0 Å². The van der Waals surface area contributed by atoms with Crippen LogP contribution in [-0.4, -0.2) is 13.7 Å². The lowest BCUT2D eigenvalue weighted by atomic mass is 9.67. The van der Waals surface area contributed by atoms with Gasteiger partial charge in [-0.3, -0.25) is 0 Å². The van der Waals surface area contributed by atoms with Gasteiger partial charge >= 0.3 is 0 Å². The molecule has 1 aliphatic carbocycles. The molecule has 2 nitrogen and oxygen atoms in total. The van der Waals surface area contributed by atoms with Crippen LogP contribution in [0.4, 0.5) is 0 Å². The Morgan fingerprint density at radius 3 is 2.37 bits per heavy atom. The van der Waals surface area contributed by atoms with E-state index in [9.17, 15) is 0 Å². The van der Waals surface area contributed by atoms with E-state index in [1.54, 1.807) is 7.11 Å². The molecule has 1 aromatic rings. The lowest BCUT2D eigenvalue weighted by Gasteiger charge is -2.40. The predicted octanol–water partition coefficient (Wildman–Crippen LogP) is 3.73. The minimum atomic E-state index is -0.254. The highest BCUT2D eigenvalue weighted by Gasteiger charge is 2.37. The van der Waals surface area contributed by atoms with E-state index in [0.29, 0.717) is 0 Å². The zero-order chi connectivity index (χ0) is 13.9. The van der Waals surface area contributed by atoms with E-state index < -0.39 is 0 Å². The van der Waals surface area contributed by atoms with Crippen LogP contribution in [0.1, 0.15) is 57.1 Å². The van der Waals surface area contributed by atoms with Gasteiger partial charge in [0.2, 0.25) is 0 Å². The monoisotopic (exact) mass is 261 g/mol. The molecule has 0 heterocycles. The predicted molar refractivity (Wildman–Crippen MR) is 80.3 cm³/mol. The molecule has 0 unspecified atom stereocenters. The van der Waals surface area contributed by atoms with Crippen molar-refractivity contribution in [1.82, 2.24) is 0 Å². The SMILES string of the molecule is COC(C)(C)c1ccccc1C1(CN)CCCCC1. The largest absolute Gasteiger partial charge is 0.374 e. The van der Waals surface area contributed by atoms with E-state index in [-0.39, 0.29) is 11.0 Å². The van der Waals surface area contributed by atoms with Crippen LogP contribution in [0.25, 0.3) is 0 Å². The highest BCUT2D eigenvalue weighted by molar-refractivity contribution is 5.38. The smallest absolute Gasteiger partial charge is 0.0874 e. The molecule has 1 aromatic carbocycles. The van der Waals surface area contributed by atoms with Gasteiger partial charge in [-0.25, -0.2) is 0 Å². The third kappa shape index (κ3) is 2.70. The summed E-state index contributed by atoms with van der Waals surface area (Å²) in [5, 5.41) is 0. The van der Waals surface area contributed by atoms with Crippen molar-refractivity contribution in [1.29, 1.82) is 0 Å². The molecule has 1 aliphatic rings. The van der Waals surface area contributed by atoms with Crippen molar-refractivity contribution in [2.24, 2.45) is 5.73 Å². The molecule has 2 heteroatoms. The van der Waals surface area contributed by atoms with Crippen LogP contribution < -0.4 is 5.73 Å². The molecule has 0 aliphatic heterocycles. The Bertz CT molecular complexity index is 419. The van der Waals surface area contributed by atoms with E-state index in [2.05, 4.69) is 38.1 Å². The van der Waals surface area contributed by atoms with Gasteiger partial charge in [0.25, 0.3) is 0 Å². The molecule has 19 heavy (non-hydrogen) atoms. The van der Waals surface area contributed by atoms with Crippen LogP contribution in [0, 0.1) is 0 Å². The van der Waals surface area contributed by atoms with Gasteiger partial charge in [-0.05, 0) is 37.8 Å². The van der Waals surface area contributed by atoms with Crippen molar-refractivity contribution >= 4 is 0 Å². The van der Waals surface area contributed by atoms with Crippen LogP contribution >= 0.6 is 0 Å². The number of benzene rings is 1. The third-order valence-corrected chi connectivity index (χ3v) is 4.86. The first-order valence-electron chi connectivity index (χ1n) is 7.41. The Balaban J connectivity index is 2.49. The van der Waals surface area contributed by atoms with Gasteiger partial charge in [0.1, 0.15) is 0 Å². The quantitative estimate of drug-likeness (QED) is 0.896. The standard InChI is InChI=1S/C17H27NO/c1-16(2,19-3)14-9-5-6-10-15(14)17(13-18)11-7-4-8-12-17/h5-6,9-10H,4,7-8,11-13,18H2,1-3H3. The first-order valence-corrected chi connectivity index (χ1v) is 7.41. The van der Waals surface area contributed by atoms with Gasteiger partial charge in [-0.1, -0.05) is 43.5 Å². The van der Waals surface area contributed by atoms with Crippen molar-refractivity contribution < 1.29 is 4.74 Å². The summed E-state index contributed by atoms with van der Waals surface area (Å²) in [7, 11) is 1.78. The summed E-state index contributed by atoms with van der Waals surface area (Å²) in [5.41, 5.74) is 8.79. The van der Waals surface area contributed by atoms with Crippen LogP contribution in [0.3, 0.4) is 0 Å². The zero-order valence-corrected chi connectivity index (χ0v) is 12.5. The first kappa shape index (κ1) is 14.5. The number of nitrogens with two attached hydrogens (primary N) is 1. The summed E-state index contributed by atoms with van der Waals surface area (Å²) in [5.74, 6) is 0. The second-order valence-corrected chi connectivity index (χ2v) is 6.31. The molecule has 0 radical (unpaired) electrons. The second kappa shape index (κ2) is 5.64. The van der Waals surface area contributed by atoms with Gasteiger partial charge in [-0.2, -0.15) is 0 Å². The van der Waals surface area contributed by atoms with Crippen molar-refractivity contribution in [2.75, 3.05) is 13.7 Å². The Morgan fingerprint density at radius 1 is 1.16 bits per heavy atom. The number of rotatable bonds is 4. The molecule has 0 bridgehead atoms. The van der Waals surface area contributed by atoms with Crippen LogP contribution in [0.5, 0.6) is 0 Å². The Kier molecular flexibility index (Phi) is 4.32. The fourth-order valence-electron chi connectivity index (χ4n) is 3.39. The molecule has 1 saturated carbocycles. The van der Waals surface area contributed by atoms with E-state index in [1.165, 1.54) is 43.2 Å². The Hall–Kier alpha value is -0.860. The maximum atomic E-state index is 6.18. The highest BCUT2D eigenvalue weighted by atomic mass is 16.5. The van der Waals surface area contributed by atoms with Crippen LogP contribution in [-0.2, 0) is 15.8 Å². The summed E-state index contributed by atoms with van der Waals surface area (Å²) in [6.07, 6.45) is 6.34. The van der Waals surface area contributed by atoms with Crippen molar-refractivity contribution in [3.05, 3.63) is 35.4 Å². The summed E-state index contributed by atoms with van der Waals surface area (Å²) in [4.78, 5) is 0. The number of methoxy groups -OCH3 is 1. The molecular weight excluding hydrogens is 234 g/mol. The molecule has 0 spiro atoms. The summed E-state index contributed by atoms with van der Waals surface area (Å²) in [6.45, 7) is 5.02. The fraction of sp³-hybridized carbons (Fsp3) is 0.647. The van der Waals surface area contributed by atoms with Crippen molar-refractivity contribution in [3.8, 4) is 0 Å². The Labute approximate surface area is 117 Å². The van der Waals surface area contributed by atoms with E-state index in [4.69, 9.17) is 10.5 Å². The summed E-state index contributed by atoms with van der Waals surface area (Å²) < 4.78 is 5.70. The highest BCUT2D eigenvalue weighted by Crippen LogP contribution is 2.43. The molecule has 1 fully saturated rings. The fourth-order valence-corrected chi connectivity index (χ4v) is 3.39. The first-order chi connectivity index (χ1) is 9.06. The zero-order valence-electron chi connectivity index (χ0n) is 12.5. The third-order valence-electron chi connectivity index (χ3n) is 4.86. The minimum absolute atomic E-state index is 0.157. The number of ether oxygens (including phenoxy) is 1. The molecule has 0 amide bonds. The maximum absolute atomic E-state index is 6.18. The average molecular weight is 261 g/mol. The van der Waals surface area contributed by atoms with Gasteiger partial charge in [0, 0.05) is 19.1 Å². The number of hydrogen-bond acceptors (Lipinski definition) is 2. The van der Waals surface area contributed by atoms with E-state index >= 15 is 0 Å². The minimum Gasteiger partial charge on any atom is -0.374 e. The molecule has 2 rings (SSSR count). The van der Waals surface area contributed by atoms with E-state index in [0.717, 1.165) is 6.54 Å². The Morgan fingerprint density at radius 2 is 1.79 bits per heavy atom. The van der Waals surface area contributed by atoms with Gasteiger partial charge in [-0.15, -0.1) is 0 Å². The maximum Gasteiger partial charge on any atom is 0.0874 e. The molecule has 0 aromatic heterocycles. The lowest BCUT2D eigenvalue weighted by Crippen LogP contribution is -2.39. The number of hydrogen-bond donors (Lipinski definition) is 1. The topological polar surface area (TPSA) is 35.2 Å². The molecule has 0 saturated heterocycles. The normalized spacial score (nSPS) is 19.4. The second-order valence-electron chi connectivity index (χ2n) is 6.31. The summed E-state index contributed by atoms with van der Waals surface area (Å²) >= 11 is 0. The molecular formula is C17H27NO. The van der Waals surface area contributed by atoms with Crippen LogP contribution in [0.15, 0.2) is 24.3 Å². The summed E-state index contributed by atoms with van der Waals surface area (Å²) in [6, 6.07) is 8.70. The molecule has 2 N–H and O–H groups in total. The van der Waals surface area contributed by atoms with Gasteiger partial charge < -0.3 is 10.5 Å². The average Bonchev–Trinajstić information content (AvgIpc) is 2.48. The van der Waals surface area contributed by atoms with E-state index in [1.807, 2.05) is 0 Å². The van der Waals surface area contributed by atoms with Crippen molar-refractivity contribution in [3.63, 3.8) is 0 Å². The molecule has 0 atom stereocenters. The van der Waals surface area contributed by atoms with Gasteiger partial charge in [0.05, 0.1) is 5.60 Å². The molecule has 106 valence electrons. The van der Waals surface area contributed by atoms with Crippen LogP contribution in [0.2, 0.25) is 0 Å².